The largest absolute Gasteiger partial charge is 0.493 e. The van der Waals surface area contributed by atoms with Crippen molar-refractivity contribution in [3.05, 3.63) is 29.8 Å². The molecule has 0 spiro atoms. The highest BCUT2D eigenvalue weighted by atomic mass is 16.5. The fraction of sp³-hybridized carbons (Fsp3) is 0.667. The van der Waals surface area contributed by atoms with E-state index in [-0.39, 0.29) is 0 Å². The lowest BCUT2D eigenvalue weighted by Gasteiger charge is -2.32. The van der Waals surface area contributed by atoms with Gasteiger partial charge < -0.3 is 10.1 Å². The molecule has 1 N–H and O–H groups in total. The Hall–Kier alpha value is -1.02. The van der Waals surface area contributed by atoms with Crippen molar-refractivity contribution in [1.29, 1.82) is 0 Å². The predicted molar refractivity (Wildman–Crippen MR) is 85.4 cm³/mol. The Balaban J connectivity index is 2.07. The number of hydrogen-bond acceptors (Lipinski definition) is 2. The summed E-state index contributed by atoms with van der Waals surface area (Å²) in [7, 11) is 0. The standard InChI is InChI=1S/C18H29NO/c1-4-8-14(3)17(19-5-2)13-15-11-12-20-18-10-7-6-9-16(15)18/h6-7,9-10,14-15,17,19H,4-5,8,11-13H2,1-3H3. The molecule has 2 nitrogen and oxygen atoms in total. The molecule has 0 aromatic heterocycles. The van der Waals surface area contributed by atoms with Crippen molar-refractivity contribution in [2.75, 3.05) is 13.2 Å². The molecule has 0 fully saturated rings. The van der Waals surface area contributed by atoms with Gasteiger partial charge in [-0.3, -0.25) is 0 Å². The summed E-state index contributed by atoms with van der Waals surface area (Å²) in [5.74, 6) is 2.49. The lowest BCUT2D eigenvalue weighted by atomic mass is 9.83. The number of para-hydroxylation sites is 1. The third-order valence-electron chi connectivity index (χ3n) is 4.52. The van der Waals surface area contributed by atoms with E-state index in [2.05, 4.69) is 50.4 Å². The van der Waals surface area contributed by atoms with Gasteiger partial charge in [-0.1, -0.05) is 45.4 Å². The first-order valence-corrected chi connectivity index (χ1v) is 8.21. The molecule has 3 unspecified atom stereocenters. The molecule has 0 amide bonds. The normalized spacial score (nSPS) is 20.9. The highest BCUT2D eigenvalue weighted by molar-refractivity contribution is 5.37. The van der Waals surface area contributed by atoms with Crippen LogP contribution in [0.3, 0.4) is 0 Å². The summed E-state index contributed by atoms with van der Waals surface area (Å²) < 4.78 is 5.78. The number of fused-ring (bicyclic) bond motifs is 1. The smallest absolute Gasteiger partial charge is 0.122 e. The first-order chi connectivity index (χ1) is 9.76. The maximum atomic E-state index is 5.78. The molecule has 1 aliphatic rings. The first kappa shape index (κ1) is 15.4. The van der Waals surface area contributed by atoms with Crippen LogP contribution in [0.25, 0.3) is 0 Å². The van der Waals surface area contributed by atoms with E-state index in [9.17, 15) is 0 Å². The maximum absolute atomic E-state index is 5.78. The average Bonchev–Trinajstić information content (AvgIpc) is 2.47. The Morgan fingerprint density at radius 3 is 2.85 bits per heavy atom. The van der Waals surface area contributed by atoms with Crippen LogP contribution in [-0.4, -0.2) is 19.2 Å². The van der Waals surface area contributed by atoms with Crippen LogP contribution in [0.4, 0.5) is 0 Å². The lowest BCUT2D eigenvalue weighted by Crippen LogP contribution is -2.37. The Morgan fingerprint density at radius 2 is 2.10 bits per heavy atom. The fourth-order valence-electron chi connectivity index (χ4n) is 3.40. The van der Waals surface area contributed by atoms with Gasteiger partial charge in [-0.2, -0.15) is 0 Å². The van der Waals surface area contributed by atoms with Crippen molar-refractivity contribution >= 4 is 0 Å². The summed E-state index contributed by atoms with van der Waals surface area (Å²) >= 11 is 0. The second kappa shape index (κ2) is 7.68. The minimum absolute atomic E-state index is 0.621. The Labute approximate surface area is 123 Å². The maximum Gasteiger partial charge on any atom is 0.122 e. The molecular weight excluding hydrogens is 246 g/mol. The third-order valence-corrected chi connectivity index (χ3v) is 4.52. The Morgan fingerprint density at radius 1 is 1.30 bits per heavy atom. The first-order valence-electron chi connectivity index (χ1n) is 8.21. The van der Waals surface area contributed by atoms with E-state index in [0.717, 1.165) is 31.2 Å². The van der Waals surface area contributed by atoms with E-state index in [0.29, 0.717) is 12.0 Å². The summed E-state index contributed by atoms with van der Waals surface area (Å²) in [6.45, 7) is 8.81. The molecule has 1 aromatic rings. The highest BCUT2D eigenvalue weighted by Crippen LogP contribution is 2.37. The zero-order valence-electron chi connectivity index (χ0n) is 13.2. The van der Waals surface area contributed by atoms with Gasteiger partial charge in [0.15, 0.2) is 0 Å². The summed E-state index contributed by atoms with van der Waals surface area (Å²) in [4.78, 5) is 0. The predicted octanol–water partition coefficient (Wildman–Crippen LogP) is 4.36. The van der Waals surface area contributed by atoms with Crippen LogP contribution < -0.4 is 10.1 Å². The van der Waals surface area contributed by atoms with E-state index in [1.165, 1.54) is 24.8 Å². The van der Waals surface area contributed by atoms with Gasteiger partial charge in [0.1, 0.15) is 5.75 Å². The molecule has 1 aromatic carbocycles. The zero-order chi connectivity index (χ0) is 14.4. The number of nitrogens with one attached hydrogen (secondary N) is 1. The van der Waals surface area contributed by atoms with Crippen LogP contribution in [-0.2, 0) is 0 Å². The highest BCUT2D eigenvalue weighted by Gasteiger charge is 2.26. The minimum atomic E-state index is 0.621. The zero-order valence-corrected chi connectivity index (χ0v) is 13.2. The molecule has 1 aliphatic heterocycles. The molecule has 2 rings (SSSR count). The van der Waals surface area contributed by atoms with Crippen molar-refractivity contribution in [2.24, 2.45) is 5.92 Å². The topological polar surface area (TPSA) is 21.3 Å². The van der Waals surface area contributed by atoms with Gasteiger partial charge in [0.05, 0.1) is 6.61 Å². The van der Waals surface area contributed by atoms with Crippen molar-refractivity contribution in [1.82, 2.24) is 5.32 Å². The number of hydrogen-bond donors (Lipinski definition) is 1. The van der Waals surface area contributed by atoms with E-state index < -0.39 is 0 Å². The molecule has 0 saturated heterocycles. The van der Waals surface area contributed by atoms with E-state index in [1.807, 2.05) is 0 Å². The van der Waals surface area contributed by atoms with Gasteiger partial charge in [0, 0.05) is 6.04 Å². The van der Waals surface area contributed by atoms with Gasteiger partial charge in [-0.05, 0) is 49.3 Å². The van der Waals surface area contributed by atoms with Crippen molar-refractivity contribution in [3.63, 3.8) is 0 Å². The molecule has 3 atom stereocenters. The molecule has 0 radical (unpaired) electrons. The second-order valence-electron chi connectivity index (χ2n) is 6.04. The van der Waals surface area contributed by atoms with E-state index in [4.69, 9.17) is 4.74 Å². The van der Waals surface area contributed by atoms with Crippen molar-refractivity contribution in [2.45, 2.75) is 58.4 Å². The summed E-state index contributed by atoms with van der Waals surface area (Å²) in [5.41, 5.74) is 1.41. The van der Waals surface area contributed by atoms with Crippen LogP contribution in [0, 0.1) is 5.92 Å². The number of rotatable bonds is 7. The fourth-order valence-corrected chi connectivity index (χ4v) is 3.40. The van der Waals surface area contributed by atoms with Gasteiger partial charge >= 0.3 is 0 Å². The van der Waals surface area contributed by atoms with Crippen LogP contribution in [0.2, 0.25) is 0 Å². The number of ether oxygens (including phenoxy) is 1. The third kappa shape index (κ3) is 3.76. The number of benzene rings is 1. The molecule has 2 heteroatoms. The minimum Gasteiger partial charge on any atom is -0.493 e. The quantitative estimate of drug-likeness (QED) is 0.798. The van der Waals surface area contributed by atoms with Crippen LogP contribution in [0.5, 0.6) is 5.75 Å². The van der Waals surface area contributed by atoms with Gasteiger partial charge in [0.2, 0.25) is 0 Å². The monoisotopic (exact) mass is 275 g/mol. The molecule has 112 valence electrons. The lowest BCUT2D eigenvalue weighted by molar-refractivity contribution is 0.241. The van der Waals surface area contributed by atoms with Crippen molar-refractivity contribution in [3.8, 4) is 5.75 Å². The second-order valence-corrected chi connectivity index (χ2v) is 6.04. The summed E-state index contributed by atoms with van der Waals surface area (Å²) in [5, 5.41) is 3.70. The molecule has 0 bridgehead atoms. The summed E-state index contributed by atoms with van der Waals surface area (Å²) in [6.07, 6.45) is 4.96. The van der Waals surface area contributed by atoms with Crippen LogP contribution in [0.1, 0.15) is 57.9 Å². The van der Waals surface area contributed by atoms with Gasteiger partial charge in [-0.15, -0.1) is 0 Å². The van der Waals surface area contributed by atoms with Crippen LogP contribution >= 0.6 is 0 Å². The Kier molecular flexibility index (Phi) is 5.90. The molecule has 1 heterocycles. The Bertz CT molecular complexity index is 404. The van der Waals surface area contributed by atoms with E-state index >= 15 is 0 Å². The average molecular weight is 275 g/mol. The molecule has 0 aliphatic carbocycles. The van der Waals surface area contributed by atoms with Crippen molar-refractivity contribution < 1.29 is 4.74 Å². The van der Waals surface area contributed by atoms with Gasteiger partial charge in [0.25, 0.3) is 0 Å². The van der Waals surface area contributed by atoms with E-state index in [1.54, 1.807) is 0 Å². The van der Waals surface area contributed by atoms with Gasteiger partial charge in [-0.25, -0.2) is 0 Å². The summed E-state index contributed by atoms with van der Waals surface area (Å²) in [6, 6.07) is 9.18. The molecule has 0 saturated carbocycles. The SMILES string of the molecule is CCCC(C)C(CC1CCOc2ccccc21)NCC. The molecular formula is C18H29NO. The molecule has 20 heavy (non-hydrogen) atoms. The van der Waals surface area contributed by atoms with Crippen LogP contribution in [0.15, 0.2) is 24.3 Å².